The summed E-state index contributed by atoms with van der Waals surface area (Å²) in [6.07, 6.45) is 0. The largest absolute Gasteiger partial charge is 0.488 e. The van der Waals surface area contributed by atoms with Gasteiger partial charge >= 0.3 is 0 Å². The quantitative estimate of drug-likeness (QED) is 0.925. The van der Waals surface area contributed by atoms with Crippen LogP contribution in [0.5, 0.6) is 5.75 Å². The molecule has 0 aliphatic carbocycles. The van der Waals surface area contributed by atoms with Gasteiger partial charge in [-0.05, 0) is 30.2 Å². The third-order valence-corrected chi connectivity index (χ3v) is 4.17. The minimum absolute atomic E-state index is 0. The third kappa shape index (κ3) is 4.28. The Morgan fingerprint density at radius 3 is 2.50 bits per heavy atom. The molecule has 1 amide bonds. The van der Waals surface area contributed by atoms with E-state index in [-0.39, 0.29) is 18.3 Å². The molecule has 3 rings (SSSR count). The molecule has 0 unspecified atom stereocenters. The van der Waals surface area contributed by atoms with E-state index in [0.29, 0.717) is 17.9 Å². The Labute approximate surface area is 149 Å². The lowest BCUT2D eigenvalue weighted by Crippen LogP contribution is -2.46. The summed E-state index contributed by atoms with van der Waals surface area (Å²) >= 11 is 0. The van der Waals surface area contributed by atoms with Crippen LogP contribution in [-0.2, 0) is 6.61 Å². The first-order valence-corrected chi connectivity index (χ1v) is 8.02. The van der Waals surface area contributed by atoms with E-state index in [9.17, 15) is 4.79 Å². The SMILES string of the molecule is Cc1ccccc1COc1ccccc1C(=O)N1CCNCC1.Cl. The van der Waals surface area contributed by atoms with Crippen LogP contribution in [0.15, 0.2) is 48.5 Å². The van der Waals surface area contributed by atoms with Gasteiger partial charge in [0, 0.05) is 26.2 Å². The van der Waals surface area contributed by atoms with Crippen molar-refractivity contribution in [2.75, 3.05) is 26.2 Å². The summed E-state index contributed by atoms with van der Waals surface area (Å²) in [5.41, 5.74) is 2.97. The summed E-state index contributed by atoms with van der Waals surface area (Å²) in [6.45, 7) is 5.71. The van der Waals surface area contributed by atoms with Crippen molar-refractivity contribution in [3.05, 3.63) is 65.2 Å². The lowest BCUT2D eigenvalue weighted by Gasteiger charge is -2.28. The van der Waals surface area contributed by atoms with Gasteiger partial charge in [0.15, 0.2) is 0 Å². The van der Waals surface area contributed by atoms with E-state index < -0.39 is 0 Å². The van der Waals surface area contributed by atoms with Gasteiger partial charge in [0.1, 0.15) is 12.4 Å². The topological polar surface area (TPSA) is 41.6 Å². The average molecular weight is 347 g/mol. The molecule has 24 heavy (non-hydrogen) atoms. The van der Waals surface area contributed by atoms with Gasteiger partial charge in [-0.25, -0.2) is 0 Å². The van der Waals surface area contributed by atoms with E-state index >= 15 is 0 Å². The van der Waals surface area contributed by atoms with Gasteiger partial charge in [-0.1, -0.05) is 36.4 Å². The van der Waals surface area contributed by atoms with Crippen molar-refractivity contribution in [1.29, 1.82) is 0 Å². The molecule has 2 aromatic carbocycles. The fourth-order valence-corrected chi connectivity index (χ4v) is 2.73. The lowest BCUT2D eigenvalue weighted by molar-refractivity contribution is 0.0731. The maximum absolute atomic E-state index is 12.7. The Bertz CT molecular complexity index is 685. The standard InChI is InChI=1S/C19H22N2O2.ClH/c1-15-6-2-3-7-16(15)14-23-18-9-5-4-8-17(18)19(22)21-12-10-20-11-13-21;/h2-9,20H,10-14H2,1H3;1H. The van der Waals surface area contributed by atoms with Crippen molar-refractivity contribution in [3.8, 4) is 5.75 Å². The molecule has 1 aliphatic rings. The molecule has 0 aromatic heterocycles. The number of nitrogens with zero attached hydrogens (tertiary/aromatic N) is 1. The van der Waals surface area contributed by atoms with Crippen LogP contribution in [0.1, 0.15) is 21.5 Å². The molecule has 5 heteroatoms. The summed E-state index contributed by atoms with van der Waals surface area (Å²) in [4.78, 5) is 14.6. The Morgan fingerprint density at radius 2 is 1.75 bits per heavy atom. The molecule has 0 bridgehead atoms. The highest BCUT2D eigenvalue weighted by Crippen LogP contribution is 2.22. The number of halogens is 1. The predicted molar refractivity (Wildman–Crippen MR) is 98.0 cm³/mol. The normalized spacial score (nSPS) is 14.0. The van der Waals surface area contributed by atoms with Crippen LogP contribution in [-0.4, -0.2) is 37.0 Å². The predicted octanol–water partition coefficient (Wildman–Crippen LogP) is 3.04. The maximum atomic E-state index is 12.7. The molecular formula is C19H23ClN2O2. The minimum atomic E-state index is 0. The number of carbonyl (C=O) groups is 1. The molecule has 1 aliphatic heterocycles. The fourth-order valence-electron chi connectivity index (χ4n) is 2.73. The molecule has 0 radical (unpaired) electrons. The van der Waals surface area contributed by atoms with Crippen LogP contribution in [0.25, 0.3) is 0 Å². The molecule has 2 aromatic rings. The summed E-state index contributed by atoms with van der Waals surface area (Å²) < 4.78 is 5.95. The van der Waals surface area contributed by atoms with E-state index in [1.54, 1.807) is 0 Å². The van der Waals surface area contributed by atoms with Gasteiger partial charge in [0.05, 0.1) is 5.56 Å². The summed E-state index contributed by atoms with van der Waals surface area (Å²) in [6, 6.07) is 15.6. The number of carbonyl (C=O) groups excluding carboxylic acids is 1. The van der Waals surface area contributed by atoms with Gasteiger partial charge in [-0.15, -0.1) is 12.4 Å². The molecule has 4 nitrogen and oxygen atoms in total. The van der Waals surface area contributed by atoms with Gasteiger partial charge in [-0.2, -0.15) is 0 Å². The molecular weight excluding hydrogens is 324 g/mol. The second-order valence-corrected chi connectivity index (χ2v) is 5.75. The van der Waals surface area contributed by atoms with Crippen molar-refractivity contribution >= 4 is 18.3 Å². The Kier molecular flexibility index (Phi) is 6.64. The summed E-state index contributed by atoms with van der Waals surface area (Å²) in [5, 5.41) is 3.26. The number of para-hydroxylation sites is 1. The maximum Gasteiger partial charge on any atom is 0.257 e. The Hall–Kier alpha value is -2.04. The summed E-state index contributed by atoms with van der Waals surface area (Å²) in [5.74, 6) is 0.700. The Balaban J connectivity index is 0.00000208. The van der Waals surface area contributed by atoms with Gasteiger partial charge in [0.25, 0.3) is 5.91 Å². The first-order chi connectivity index (χ1) is 11.3. The first-order valence-electron chi connectivity index (χ1n) is 8.02. The number of rotatable bonds is 4. The van der Waals surface area contributed by atoms with Crippen molar-refractivity contribution in [2.24, 2.45) is 0 Å². The number of piperazine rings is 1. The zero-order valence-corrected chi connectivity index (χ0v) is 14.6. The number of ether oxygens (including phenoxy) is 1. The highest BCUT2D eigenvalue weighted by Gasteiger charge is 2.21. The van der Waals surface area contributed by atoms with Crippen molar-refractivity contribution in [3.63, 3.8) is 0 Å². The van der Waals surface area contributed by atoms with Crippen LogP contribution in [0.3, 0.4) is 0 Å². The second kappa shape index (κ2) is 8.71. The molecule has 0 atom stereocenters. The summed E-state index contributed by atoms with van der Waals surface area (Å²) in [7, 11) is 0. The fraction of sp³-hybridized carbons (Fsp3) is 0.316. The van der Waals surface area contributed by atoms with E-state index in [4.69, 9.17) is 4.74 Å². The monoisotopic (exact) mass is 346 g/mol. The van der Waals surface area contributed by atoms with Crippen LogP contribution in [0.2, 0.25) is 0 Å². The van der Waals surface area contributed by atoms with Crippen molar-refractivity contribution in [2.45, 2.75) is 13.5 Å². The van der Waals surface area contributed by atoms with Crippen molar-refractivity contribution in [1.82, 2.24) is 10.2 Å². The number of hydrogen-bond donors (Lipinski definition) is 1. The highest BCUT2D eigenvalue weighted by atomic mass is 35.5. The molecule has 1 fully saturated rings. The van der Waals surface area contributed by atoms with E-state index in [2.05, 4.69) is 24.4 Å². The molecule has 0 saturated carbocycles. The lowest BCUT2D eigenvalue weighted by atomic mass is 10.1. The minimum Gasteiger partial charge on any atom is -0.488 e. The molecule has 128 valence electrons. The molecule has 0 spiro atoms. The molecule has 1 heterocycles. The number of nitrogens with one attached hydrogen (secondary N) is 1. The van der Waals surface area contributed by atoms with Gasteiger partial charge in [0.2, 0.25) is 0 Å². The molecule has 1 saturated heterocycles. The molecule has 1 N–H and O–H groups in total. The van der Waals surface area contributed by atoms with E-state index in [1.807, 2.05) is 41.3 Å². The van der Waals surface area contributed by atoms with Crippen LogP contribution in [0, 0.1) is 6.92 Å². The van der Waals surface area contributed by atoms with Gasteiger partial charge in [-0.3, -0.25) is 4.79 Å². The number of hydrogen-bond acceptors (Lipinski definition) is 3. The number of benzene rings is 2. The number of aryl methyl sites for hydroxylation is 1. The smallest absolute Gasteiger partial charge is 0.257 e. The number of amides is 1. The van der Waals surface area contributed by atoms with Crippen LogP contribution < -0.4 is 10.1 Å². The zero-order valence-electron chi connectivity index (χ0n) is 13.8. The van der Waals surface area contributed by atoms with Crippen LogP contribution in [0.4, 0.5) is 0 Å². The average Bonchev–Trinajstić information content (AvgIpc) is 2.61. The van der Waals surface area contributed by atoms with E-state index in [1.165, 1.54) is 5.56 Å². The second-order valence-electron chi connectivity index (χ2n) is 5.75. The third-order valence-electron chi connectivity index (χ3n) is 4.17. The first kappa shape index (κ1) is 18.3. The van der Waals surface area contributed by atoms with Crippen LogP contribution >= 0.6 is 12.4 Å². The van der Waals surface area contributed by atoms with Crippen molar-refractivity contribution < 1.29 is 9.53 Å². The van der Waals surface area contributed by atoms with Gasteiger partial charge < -0.3 is 15.0 Å². The zero-order chi connectivity index (χ0) is 16.1. The Morgan fingerprint density at radius 1 is 1.08 bits per heavy atom. The van der Waals surface area contributed by atoms with E-state index in [0.717, 1.165) is 31.7 Å². The highest BCUT2D eigenvalue weighted by molar-refractivity contribution is 5.97.